The Bertz CT molecular complexity index is 1180. The first-order valence-electron chi connectivity index (χ1n) is 11.1. The zero-order valence-corrected chi connectivity index (χ0v) is 18.1. The van der Waals surface area contributed by atoms with E-state index >= 15 is 0 Å². The predicted octanol–water partition coefficient (Wildman–Crippen LogP) is 3.90. The quantitative estimate of drug-likeness (QED) is 0.502. The third-order valence-corrected chi connectivity index (χ3v) is 6.24. The van der Waals surface area contributed by atoms with Gasteiger partial charge in [0.25, 0.3) is 5.91 Å². The largest absolute Gasteiger partial charge is 0.444 e. The average Bonchev–Trinajstić information content (AvgIpc) is 3.44. The number of hydrogen-bond donors (Lipinski definition) is 3. The van der Waals surface area contributed by atoms with Crippen molar-refractivity contribution in [2.45, 2.75) is 30.9 Å². The van der Waals surface area contributed by atoms with Crippen molar-refractivity contribution < 1.29 is 14.3 Å². The molecule has 1 saturated carbocycles. The normalized spacial score (nSPS) is 21.5. The number of para-hydroxylation sites is 2. The molecular weight excluding hydrogens is 416 g/mol. The van der Waals surface area contributed by atoms with Crippen molar-refractivity contribution in [1.29, 1.82) is 0 Å². The Morgan fingerprint density at radius 1 is 1.03 bits per heavy atom. The summed E-state index contributed by atoms with van der Waals surface area (Å²) >= 11 is 0. The molecule has 1 heterocycles. The molecule has 3 atom stereocenters. The van der Waals surface area contributed by atoms with Crippen LogP contribution in [0.5, 0.6) is 0 Å². The second-order valence-electron chi connectivity index (χ2n) is 8.66. The SMILES string of the molecule is Nc1ccccc1NC(=O)c1ccc(N2CC(Cc3ccc(C4C[C@@H]4N)cc3)OC2=O)cc1. The highest BCUT2D eigenvalue weighted by atomic mass is 16.6. The highest BCUT2D eigenvalue weighted by molar-refractivity contribution is 6.06. The van der Waals surface area contributed by atoms with Crippen molar-refractivity contribution in [1.82, 2.24) is 0 Å². The smallest absolute Gasteiger partial charge is 0.414 e. The first-order chi connectivity index (χ1) is 16.0. The minimum atomic E-state index is -0.380. The summed E-state index contributed by atoms with van der Waals surface area (Å²) in [5.74, 6) is 0.214. The number of hydrogen-bond acceptors (Lipinski definition) is 5. The Morgan fingerprint density at radius 2 is 1.73 bits per heavy atom. The summed E-state index contributed by atoms with van der Waals surface area (Å²) < 4.78 is 5.58. The van der Waals surface area contributed by atoms with Crippen LogP contribution in [0.15, 0.2) is 72.8 Å². The zero-order valence-electron chi connectivity index (χ0n) is 18.1. The van der Waals surface area contributed by atoms with Gasteiger partial charge in [0, 0.05) is 29.6 Å². The zero-order chi connectivity index (χ0) is 22.9. The second kappa shape index (κ2) is 8.60. The number of nitrogens with two attached hydrogens (primary N) is 2. The number of carbonyl (C=O) groups excluding carboxylic acids is 2. The van der Waals surface area contributed by atoms with Crippen LogP contribution >= 0.6 is 0 Å². The number of benzene rings is 3. The number of ether oxygens (including phenoxy) is 1. The van der Waals surface area contributed by atoms with Gasteiger partial charge in [-0.2, -0.15) is 0 Å². The van der Waals surface area contributed by atoms with Gasteiger partial charge in [0.05, 0.1) is 17.9 Å². The first-order valence-corrected chi connectivity index (χ1v) is 11.1. The number of anilines is 3. The Hall–Kier alpha value is -3.84. The van der Waals surface area contributed by atoms with E-state index in [0.717, 1.165) is 12.0 Å². The molecule has 2 fully saturated rings. The van der Waals surface area contributed by atoms with Crippen molar-refractivity contribution in [3.63, 3.8) is 0 Å². The minimum absolute atomic E-state index is 0.226. The number of amides is 2. The maximum absolute atomic E-state index is 12.5. The molecule has 0 bridgehead atoms. The van der Waals surface area contributed by atoms with E-state index in [1.54, 1.807) is 53.4 Å². The molecule has 0 radical (unpaired) electrons. The average molecular weight is 443 g/mol. The van der Waals surface area contributed by atoms with Gasteiger partial charge in [-0.25, -0.2) is 4.79 Å². The van der Waals surface area contributed by atoms with Gasteiger partial charge in [-0.15, -0.1) is 0 Å². The van der Waals surface area contributed by atoms with Crippen molar-refractivity contribution in [3.8, 4) is 0 Å². The van der Waals surface area contributed by atoms with E-state index in [2.05, 4.69) is 29.6 Å². The molecule has 2 amide bonds. The summed E-state index contributed by atoms with van der Waals surface area (Å²) in [7, 11) is 0. The second-order valence-corrected chi connectivity index (χ2v) is 8.66. The van der Waals surface area contributed by atoms with Crippen LogP contribution in [0, 0.1) is 0 Å². The fourth-order valence-corrected chi connectivity index (χ4v) is 4.20. The summed E-state index contributed by atoms with van der Waals surface area (Å²) in [5.41, 5.74) is 16.4. The molecule has 1 aliphatic heterocycles. The maximum Gasteiger partial charge on any atom is 0.414 e. The fraction of sp³-hybridized carbons (Fsp3) is 0.231. The monoisotopic (exact) mass is 442 g/mol. The van der Waals surface area contributed by atoms with Gasteiger partial charge in [0.2, 0.25) is 0 Å². The molecule has 33 heavy (non-hydrogen) atoms. The third-order valence-electron chi connectivity index (χ3n) is 6.24. The molecule has 1 saturated heterocycles. The topological polar surface area (TPSA) is 111 Å². The summed E-state index contributed by atoms with van der Waals surface area (Å²) in [6, 6.07) is 22.7. The summed E-state index contributed by atoms with van der Waals surface area (Å²) in [6.45, 7) is 0.459. The molecule has 1 aliphatic carbocycles. The van der Waals surface area contributed by atoms with Crippen molar-refractivity contribution in [2.75, 3.05) is 22.5 Å². The van der Waals surface area contributed by atoms with Gasteiger partial charge in [0.15, 0.2) is 0 Å². The van der Waals surface area contributed by atoms with Gasteiger partial charge >= 0.3 is 6.09 Å². The lowest BCUT2D eigenvalue weighted by molar-refractivity contribution is 0.102. The van der Waals surface area contributed by atoms with Crippen LogP contribution in [0.2, 0.25) is 0 Å². The molecule has 3 aromatic rings. The number of cyclic esters (lactones) is 1. The van der Waals surface area contributed by atoms with Crippen LogP contribution in [-0.4, -0.2) is 30.7 Å². The molecule has 0 aromatic heterocycles. The van der Waals surface area contributed by atoms with Crippen molar-refractivity contribution >= 4 is 29.1 Å². The molecule has 3 aromatic carbocycles. The standard InChI is InChI=1S/C26H26N4O3/c27-22-3-1-2-4-24(22)29-25(31)18-9-11-19(12-10-18)30-15-20(33-26(30)32)13-16-5-7-17(8-6-16)21-14-23(21)28/h1-12,20-21,23H,13-15,27-28H2,(H,29,31)/t20?,21?,23-/m0/s1. The van der Waals surface area contributed by atoms with E-state index in [9.17, 15) is 9.59 Å². The molecule has 5 rings (SSSR count). The molecule has 7 nitrogen and oxygen atoms in total. The summed E-state index contributed by atoms with van der Waals surface area (Å²) in [4.78, 5) is 26.6. The van der Waals surface area contributed by atoms with Crippen molar-refractivity contribution in [3.05, 3.63) is 89.5 Å². The third kappa shape index (κ3) is 4.54. The van der Waals surface area contributed by atoms with Crippen LogP contribution in [0.3, 0.4) is 0 Å². The van der Waals surface area contributed by atoms with E-state index in [4.69, 9.17) is 16.2 Å². The molecular formula is C26H26N4O3. The Labute approximate surface area is 192 Å². The van der Waals surface area contributed by atoms with E-state index in [1.807, 2.05) is 0 Å². The molecule has 7 heteroatoms. The van der Waals surface area contributed by atoms with Crippen LogP contribution in [0.25, 0.3) is 0 Å². The van der Waals surface area contributed by atoms with E-state index in [-0.39, 0.29) is 24.1 Å². The van der Waals surface area contributed by atoms with Crippen LogP contribution in [-0.2, 0) is 11.2 Å². The van der Waals surface area contributed by atoms with Crippen LogP contribution in [0.1, 0.15) is 33.8 Å². The highest BCUT2D eigenvalue weighted by Gasteiger charge is 2.35. The number of carbonyl (C=O) groups is 2. The lowest BCUT2D eigenvalue weighted by atomic mass is 10.0. The van der Waals surface area contributed by atoms with E-state index in [1.165, 1.54) is 5.56 Å². The molecule has 5 N–H and O–H groups in total. The number of nitrogen functional groups attached to an aromatic ring is 1. The highest BCUT2D eigenvalue weighted by Crippen LogP contribution is 2.39. The lowest BCUT2D eigenvalue weighted by Gasteiger charge is -2.14. The predicted molar refractivity (Wildman–Crippen MR) is 128 cm³/mol. The van der Waals surface area contributed by atoms with Crippen molar-refractivity contribution in [2.24, 2.45) is 5.73 Å². The van der Waals surface area contributed by atoms with Gasteiger partial charge in [-0.3, -0.25) is 9.69 Å². The Balaban J connectivity index is 1.20. The number of nitrogens with zero attached hydrogens (tertiary/aromatic N) is 1. The molecule has 168 valence electrons. The molecule has 0 spiro atoms. The minimum Gasteiger partial charge on any atom is -0.444 e. The first kappa shape index (κ1) is 21.0. The van der Waals surface area contributed by atoms with E-state index < -0.39 is 0 Å². The molecule has 2 aliphatic rings. The van der Waals surface area contributed by atoms with Gasteiger partial charge in [-0.1, -0.05) is 36.4 Å². The molecule has 2 unspecified atom stereocenters. The maximum atomic E-state index is 12.5. The Morgan fingerprint density at radius 3 is 2.39 bits per heavy atom. The summed E-state index contributed by atoms with van der Waals surface area (Å²) in [5, 5.41) is 2.80. The fourth-order valence-electron chi connectivity index (χ4n) is 4.20. The number of rotatable bonds is 6. The van der Waals surface area contributed by atoms with E-state index in [0.29, 0.717) is 41.5 Å². The Kier molecular flexibility index (Phi) is 5.48. The van der Waals surface area contributed by atoms with Crippen LogP contribution < -0.4 is 21.7 Å². The summed E-state index contributed by atoms with van der Waals surface area (Å²) in [6.07, 6.45) is 1.10. The van der Waals surface area contributed by atoms with Gasteiger partial charge in [-0.05, 0) is 53.9 Å². The van der Waals surface area contributed by atoms with Crippen LogP contribution in [0.4, 0.5) is 21.9 Å². The van der Waals surface area contributed by atoms with Gasteiger partial charge < -0.3 is 21.5 Å². The lowest BCUT2D eigenvalue weighted by Crippen LogP contribution is -2.25. The number of nitrogens with one attached hydrogen (secondary N) is 1. The van der Waals surface area contributed by atoms with Gasteiger partial charge in [0.1, 0.15) is 6.10 Å².